The molecule has 3 aromatic rings. The number of hydrogen-bond donors (Lipinski definition) is 2. The van der Waals surface area contributed by atoms with Gasteiger partial charge < -0.3 is 10.6 Å². The Labute approximate surface area is 168 Å². The van der Waals surface area contributed by atoms with Crippen molar-refractivity contribution in [1.82, 2.24) is 20.4 Å². The standard InChI is InChI=1S/C22H24N4O3/c1-15(2)14-26-22(29)18-11-7-6-10-17(18)19(25-26)21(28)24-13-12-23-20(27)16-8-4-3-5-9-16/h3-11,15H,12-14H2,1-2H3,(H,23,27)(H,24,28). The molecule has 0 bridgehead atoms. The fourth-order valence-electron chi connectivity index (χ4n) is 3.00. The number of aromatic nitrogens is 2. The number of carbonyl (C=O) groups is 2. The number of hydrogen-bond acceptors (Lipinski definition) is 4. The van der Waals surface area contributed by atoms with Gasteiger partial charge in [-0.25, -0.2) is 4.68 Å². The quantitative estimate of drug-likeness (QED) is 0.603. The fraction of sp³-hybridized carbons (Fsp3) is 0.273. The summed E-state index contributed by atoms with van der Waals surface area (Å²) < 4.78 is 1.35. The van der Waals surface area contributed by atoms with E-state index in [2.05, 4.69) is 15.7 Å². The van der Waals surface area contributed by atoms with Crippen molar-refractivity contribution in [2.75, 3.05) is 13.1 Å². The molecule has 0 atom stereocenters. The summed E-state index contributed by atoms with van der Waals surface area (Å²) in [5.41, 5.74) is 0.559. The minimum Gasteiger partial charge on any atom is -0.350 e. The molecule has 0 aliphatic heterocycles. The first-order valence-corrected chi connectivity index (χ1v) is 9.58. The van der Waals surface area contributed by atoms with E-state index < -0.39 is 0 Å². The highest BCUT2D eigenvalue weighted by atomic mass is 16.2. The van der Waals surface area contributed by atoms with Crippen molar-refractivity contribution in [3.8, 4) is 0 Å². The Morgan fingerprint density at radius 1 is 0.897 bits per heavy atom. The van der Waals surface area contributed by atoms with Gasteiger partial charge in [-0.1, -0.05) is 50.2 Å². The van der Waals surface area contributed by atoms with Gasteiger partial charge in [-0.3, -0.25) is 14.4 Å². The summed E-state index contributed by atoms with van der Waals surface area (Å²) in [5, 5.41) is 10.8. The predicted octanol–water partition coefficient (Wildman–Crippen LogP) is 2.21. The van der Waals surface area contributed by atoms with Crippen LogP contribution >= 0.6 is 0 Å². The molecule has 0 spiro atoms. The Hall–Kier alpha value is -3.48. The van der Waals surface area contributed by atoms with Crippen molar-refractivity contribution in [3.05, 3.63) is 76.2 Å². The molecule has 0 aliphatic rings. The zero-order chi connectivity index (χ0) is 20.8. The van der Waals surface area contributed by atoms with E-state index in [0.717, 1.165) is 0 Å². The third-order valence-electron chi connectivity index (χ3n) is 4.35. The summed E-state index contributed by atoms with van der Waals surface area (Å²) in [7, 11) is 0. The van der Waals surface area contributed by atoms with Gasteiger partial charge in [-0.15, -0.1) is 0 Å². The third-order valence-corrected chi connectivity index (χ3v) is 4.35. The van der Waals surface area contributed by atoms with E-state index in [1.807, 2.05) is 19.9 Å². The van der Waals surface area contributed by atoms with Crippen LogP contribution in [0.4, 0.5) is 0 Å². The zero-order valence-electron chi connectivity index (χ0n) is 16.5. The monoisotopic (exact) mass is 392 g/mol. The maximum Gasteiger partial charge on any atom is 0.274 e. The fourth-order valence-corrected chi connectivity index (χ4v) is 3.00. The van der Waals surface area contributed by atoms with Crippen LogP contribution in [-0.2, 0) is 6.54 Å². The molecule has 2 amide bonds. The summed E-state index contributed by atoms with van der Waals surface area (Å²) in [4.78, 5) is 37.4. The molecule has 1 heterocycles. The van der Waals surface area contributed by atoms with Gasteiger partial charge in [0.1, 0.15) is 0 Å². The molecule has 2 N–H and O–H groups in total. The maximum atomic E-state index is 12.7. The summed E-state index contributed by atoms with van der Waals surface area (Å²) in [5.74, 6) is -0.368. The third kappa shape index (κ3) is 4.87. The van der Waals surface area contributed by atoms with Crippen molar-refractivity contribution < 1.29 is 9.59 Å². The van der Waals surface area contributed by atoms with Crippen molar-refractivity contribution in [1.29, 1.82) is 0 Å². The summed E-state index contributed by atoms with van der Waals surface area (Å²) in [6.07, 6.45) is 0. The van der Waals surface area contributed by atoms with Crippen LogP contribution in [0.5, 0.6) is 0 Å². The lowest BCUT2D eigenvalue weighted by atomic mass is 10.1. The summed E-state index contributed by atoms with van der Waals surface area (Å²) in [6, 6.07) is 15.8. The maximum absolute atomic E-state index is 12.7. The van der Waals surface area contributed by atoms with Gasteiger partial charge in [0.05, 0.1) is 5.39 Å². The Balaban J connectivity index is 1.71. The minimum absolute atomic E-state index is 0.200. The van der Waals surface area contributed by atoms with Gasteiger partial charge in [-0.05, 0) is 24.1 Å². The minimum atomic E-state index is -0.382. The zero-order valence-corrected chi connectivity index (χ0v) is 16.5. The predicted molar refractivity (Wildman–Crippen MR) is 112 cm³/mol. The second-order valence-corrected chi connectivity index (χ2v) is 7.15. The highest BCUT2D eigenvalue weighted by Gasteiger charge is 2.17. The summed E-state index contributed by atoms with van der Waals surface area (Å²) >= 11 is 0. The number of carbonyl (C=O) groups excluding carboxylic acids is 2. The number of nitrogens with one attached hydrogen (secondary N) is 2. The van der Waals surface area contributed by atoms with Crippen LogP contribution in [0.3, 0.4) is 0 Å². The largest absolute Gasteiger partial charge is 0.350 e. The Morgan fingerprint density at radius 3 is 2.14 bits per heavy atom. The molecule has 29 heavy (non-hydrogen) atoms. The molecular weight excluding hydrogens is 368 g/mol. The highest BCUT2D eigenvalue weighted by molar-refractivity contribution is 6.04. The molecule has 0 aliphatic carbocycles. The smallest absolute Gasteiger partial charge is 0.274 e. The van der Waals surface area contributed by atoms with Crippen molar-refractivity contribution >= 4 is 22.6 Å². The van der Waals surface area contributed by atoms with E-state index in [1.54, 1.807) is 48.5 Å². The molecule has 7 heteroatoms. The van der Waals surface area contributed by atoms with E-state index >= 15 is 0 Å². The number of nitrogens with zero attached hydrogens (tertiary/aromatic N) is 2. The lowest BCUT2D eigenvalue weighted by Crippen LogP contribution is -2.36. The van der Waals surface area contributed by atoms with Gasteiger partial charge in [-0.2, -0.15) is 5.10 Å². The molecule has 0 radical (unpaired) electrons. The van der Waals surface area contributed by atoms with Gasteiger partial charge in [0.2, 0.25) is 0 Å². The second-order valence-electron chi connectivity index (χ2n) is 7.15. The van der Waals surface area contributed by atoms with Crippen LogP contribution in [0.15, 0.2) is 59.4 Å². The molecule has 150 valence electrons. The topological polar surface area (TPSA) is 93.1 Å². The van der Waals surface area contributed by atoms with Crippen LogP contribution in [-0.4, -0.2) is 34.7 Å². The molecule has 1 aromatic heterocycles. The average Bonchev–Trinajstić information content (AvgIpc) is 2.73. The van der Waals surface area contributed by atoms with Crippen LogP contribution in [0.1, 0.15) is 34.7 Å². The summed E-state index contributed by atoms with van der Waals surface area (Å²) in [6.45, 7) is 4.92. The lowest BCUT2D eigenvalue weighted by Gasteiger charge is -2.13. The number of amides is 2. The van der Waals surface area contributed by atoms with E-state index in [9.17, 15) is 14.4 Å². The molecule has 0 saturated carbocycles. The molecule has 7 nitrogen and oxygen atoms in total. The lowest BCUT2D eigenvalue weighted by molar-refractivity contribution is 0.0924. The first-order valence-electron chi connectivity index (χ1n) is 9.58. The first kappa shape index (κ1) is 20.3. The number of benzene rings is 2. The first-order chi connectivity index (χ1) is 14.0. The molecule has 2 aromatic carbocycles. The Bertz CT molecular complexity index is 1070. The molecular formula is C22H24N4O3. The Kier molecular flexibility index (Phi) is 6.39. The van der Waals surface area contributed by atoms with Crippen molar-refractivity contribution in [2.45, 2.75) is 20.4 Å². The van der Waals surface area contributed by atoms with Crippen LogP contribution in [0.25, 0.3) is 10.8 Å². The number of rotatable bonds is 7. The van der Waals surface area contributed by atoms with Crippen molar-refractivity contribution in [3.63, 3.8) is 0 Å². The highest BCUT2D eigenvalue weighted by Crippen LogP contribution is 2.13. The van der Waals surface area contributed by atoms with E-state index in [1.165, 1.54) is 4.68 Å². The SMILES string of the molecule is CC(C)Cn1nc(C(=O)NCCNC(=O)c2ccccc2)c2ccccc2c1=O. The van der Waals surface area contributed by atoms with Gasteiger partial charge in [0, 0.05) is 30.6 Å². The second kappa shape index (κ2) is 9.14. The van der Waals surface area contributed by atoms with Crippen LogP contribution in [0, 0.1) is 5.92 Å². The average molecular weight is 392 g/mol. The van der Waals surface area contributed by atoms with Gasteiger partial charge >= 0.3 is 0 Å². The van der Waals surface area contributed by atoms with E-state index in [4.69, 9.17) is 0 Å². The van der Waals surface area contributed by atoms with Crippen LogP contribution < -0.4 is 16.2 Å². The van der Waals surface area contributed by atoms with Gasteiger partial charge in [0.25, 0.3) is 17.4 Å². The molecule has 0 saturated heterocycles. The molecule has 0 unspecified atom stereocenters. The molecule has 0 fully saturated rings. The number of fused-ring (bicyclic) bond motifs is 1. The van der Waals surface area contributed by atoms with Crippen LogP contribution in [0.2, 0.25) is 0 Å². The van der Waals surface area contributed by atoms with E-state index in [-0.39, 0.29) is 42.1 Å². The normalized spacial score (nSPS) is 10.9. The van der Waals surface area contributed by atoms with Gasteiger partial charge in [0.15, 0.2) is 5.69 Å². The Morgan fingerprint density at radius 2 is 1.48 bits per heavy atom. The molecule has 3 rings (SSSR count). The van der Waals surface area contributed by atoms with E-state index in [0.29, 0.717) is 22.9 Å². The van der Waals surface area contributed by atoms with Crippen molar-refractivity contribution in [2.24, 2.45) is 5.92 Å².